The molecule has 0 aromatic heterocycles. The molecule has 0 saturated heterocycles. The predicted octanol–water partition coefficient (Wildman–Crippen LogP) is 2.49. The molecule has 0 spiro atoms. The summed E-state index contributed by atoms with van der Waals surface area (Å²) in [6.45, 7) is 5.10. The number of hydrogen-bond acceptors (Lipinski definition) is 2. The molecule has 3 rings (SSSR count). The Balaban J connectivity index is 1.96. The van der Waals surface area contributed by atoms with Crippen LogP contribution >= 0.6 is 0 Å². The highest BCUT2D eigenvalue weighted by molar-refractivity contribution is 5.49. The topological polar surface area (TPSA) is 21.3 Å². The van der Waals surface area contributed by atoms with E-state index in [-0.39, 0.29) is 0 Å². The van der Waals surface area contributed by atoms with Crippen LogP contribution in [0.25, 0.3) is 0 Å². The van der Waals surface area contributed by atoms with Gasteiger partial charge in [-0.05, 0) is 37.8 Å². The molecule has 0 bridgehead atoms. The molecular weight excluding hydrogens is 186 g/mol. The van der Waals surface area contributed by atoms with Crippen molar-refractivity contribution in [2.75, 3.05) is 6.61 Å². The summed E-state index contributed by atoms with van der Waals surface area (Å²) in [5.41, 5.74) is 4.00. The summed E-state index contributed by atoms with van der Waals surface area (Å²) in [6, 6.07) is 5.51. The highest BCUT2D eigenvalue weighted by Gasteiger charge is 2.32. The van der Waals surface area contributed by atoms with Crippen molar-refractivity contribution in [2.45, 2.75) is 38.8 Å². The minimum absolute atomic E-state index is 0.424. The maximum Gasteiger partial charge on any atom is 0.127 e. The fourth-order valence-electron chi connectivity index (χ4n) is 2.35. The first-order chi connectivity index (χ1) is 7.25. The summed E-state index contributed by atoms with van der Waals surface area (Å²) in [4.78, 5) is 0. The summed E-state index contributed by atoms with van der Waals surface area (Å²) in [7, 11) is 0. The lowest BCUT2D eigenvalue weighted by atomic mass is 10.00. The molecule has 0 amide bonds. The normalized spacial score (nSPS) is 23.7. The second kappa shape index (κ2) is 3.24. The highest BCUT2D eigenvalue weighted by Crippen LogP contribution is 2.39. The van der Waals surface area contributed by atoms with E-state index in [4.69, 9.17) is 4.74 Å². The number of nitrogens with one attached hydrogen (secondary N) is 1. The number of fused-ring (bicyclic) bond motifs is 1. The van der Waals surface area contributed by atoms with Gasteiger partial charge in [-0.1, -0.05) is 12.1 Å². The van der Waals surface area contributed by atoms with Crippen molar-refractivity contribution < 1.29 is 4.74 Å². The van der Waals surface area contributed by atoms with Gasteiger partial charge < -0.3 is 10.1 Å². The Bertz CT molecular complexity index is 396. The molecule has 1 saturated carbocycles. The zero-order valence-electron chi connectivity index (χ0n) is 9.34. The van der Waals surface area contributed by atoms with Crippen LogP contribution in [-0.2, 0) is 0 Å². The maximum absolute atomic E-state index is 5.79. The van der Waals surface area contributed by atoms with Gasteiger partial charge in [-0.2, -0.15) is 0 Å². The fourth-order valence-corrected chi connectivity index (χ4v) is 2.35. The maximum atomic E-state index is 5.79. The summed E-state index contributed by atoms with van der Waals surface area (Å²) in [6.07, 6.45) is 2.66. The second-order valence-electron chi connectivity index (χ2n) is 4.75. The SMILES string of the molecule is Cc1ccc(C)c2c1OCC2NC1CC1. The van der Waals surface area contributed by atoms with Gasteiger partial charge in [0.1, 0.15) is 12.4 Å². The van der Waals surface area contributed by atoms with Crippen molar-refractivity contribution in [1.82, 2.24) is 5.32 Å². The lowest BCUT2D eigenvalue weighted by molar-refractivity contribution is 0.309. The zero-order chi connectivity index (χ0) is 10.4. The molecule has 1 aromatic carbocycles. The van der Waals surface area contributed by atoms with Gasteiger partial charge in [0.2, 0.25) is 0 Å². The van der Waals surface area contributed by atoms with Crippen LogP contribution in [0.5, 0.6) is 5.75 Å². The van der Waals surface area contributed by atoms with Crippen molar-refractivity contribution >= 4 is 0 Å². The van der Waals surface area contributed by atoms with E-state index in [2.05, 4.69) is 31.3 Å². The lowest BCUT2D eigenvalue weighted by Crippen LogP contribution is -2.24. The average molecular weight is 203 g/mol. The van der Waals surface area contributed by atoms with Gasteiger partial charge in [-0.25, -0.2) is 0 Å². The number of ether oxygens (including phenoxy) is 1. The van der Waals surface area contributed by atoms with Crippen LogP contribution < -0.4 is 10.1 Å². The monoisotopic (exact) mass is 203 g/mol. The number of benzene rings is 1. The molecule has 1 N–H and O–H groups in total. The van der Waals surface area contributed by atoms with E-state index in [0.29, 0.717) is 6.04 Å². The van der Waals surface area contributed by atoms with Crippen molar-refractivity contribution in [3.05, 3.63) is 28.8 Å². The summed E-state index contributed by atoms with van der Waals surface area (Å²) >= 11 is 0. The molecule has 80 valence electrons. The van der Waals surface area contributed by atoms with Gasteiger partial charge >= 0.3 is 0 Å². The summed E-state index contributed by atoms with van der Waals surface area (Å²) in [5.74, 6) is 1.12. The number of aryl methyl sites for hydroxylation is 2. The van der Waals surface area contributed by atoms with Gasteiger partial charge in [0, 0.05) is 11.6 Å². The Morgan fingerprint density at radius 2 is 1.93 bits per heavy atom. The largest absolute Gasteiger partial charge is 0.491 e. The van der Waals surface area contributed by atoms with E-state index >= 15 is 0 Å². The molecule has 1 aromatic rings. The Morgan fingerprint density at radius 3 is 2.67 bits per heavy atom. The quantitative estimate of drug-likeness (QED) is 0.797. The Labute approximate surface area is 90.6 Å². The average Bonchev–Trinajstić information content (AvgIpc) is 2.91. The highest BCUT2D eigenvalue weighted by atomic mass is 16.5. The van der Waals surface area contributed by atoms with Gasteiger partial charge in [0.25, 0.3) is 0 Å². The van der Waals surface area contributed by atoms with Gasteiger partial charge in [-0.15, -0.1) is 0 Å². The summed E-state index contributed by atoms with van der Waals surface area (Å²) in [5, 5.41) is 3.65. The van der Waals surface area contributed by atoms with E-state index in [1.165, 1.54) is 29.5 Å². The third-order valence-electron chi connectivity index (χ3n) is 3.37. The van der Waals surface area contributed by atoms with Crippen LogP contribution in [0, 0.1) is 13.8 Å². The summed E-state index contributed by atoms with van der Waals surface area (Å²) < 4.78 is 5.79. The van der Waals surface area contributed by atoms with Crippen LogP contribution in [0.2, 0.25) is 0 Å². The first kappa shape index (κ1) is 9.22. The van der Waals surface area contributed by atoms with Crippen molar-refractivity contribution in [3.63, 3.8) is 0 Å². The predicted molar refractivity (Wildman–Crippen MR) is 60.3 cm³/mol. The Morgan fingerprint density at radius 1 is 1.20 bits per heavy atom. The molecule has 1 atom stereocenters. The molecule has 1 heterocycles. The number of hydrogen-bond donors (Lipinski definition) is 1. The van der Waals surface area contributed by atoms with Crippen molar-refractivity contribution in [1.29, 1.82) is 0 Å². The third kappa shape index (κ3) is 1.53. The van der Waals surface area contributed by atoms with Gasteiger partial charge in [-0.3, -0.25) is 0 Å². The van der Waals surface area contributed by atoms with Crippen LogP contribution in [0.15, 0.2) is 12.1 Å². The minimum atomic E-state index is 0.424. The Hall–Kier alpha value is -1.02. The van der Waals surface area contributed by atoms with Crippen molar-refractivity contribution in [2.24, 2.45) is 0 Å². The van der Waals surface area contributed by atoms with E-state index in [1.54, 1.807) is 0 Å². The lowest BCUT2D eigenvalue weighted by Gasteiger charge is -2.13. The van der Waals surface area contributed by atoms with Crippen LogP contribution in [-0.4, -0.2) is 12.6 Å². The van der Waals surface area contributed by atoms with Gasteiger partial charge in [0.05, 0.1) is 6.04 Å². The molecule has 2 nitrogen and oxygen atoms in total. The van der Waals surface area contributed by atoms with Crippen molar-refractivity contribution in [3.8, 4) is 5.75 Å². The standard InChI is InChI=1S/C13H17NO/c1-8-3-4-9(2)13-12(8)11(7-15-13)14-10-5-6-10/h3-4,10-11,14H,5-7H2,1-2H3. The number of rotatable bonds is 2. The first-order valence-corrected chi connectivity index (χ1v) is 5.74. The second-order valence-corrected chi connectivity index (χ2v) is 4.75. The molecule has 1 aliphatic carbocycles. The molecule has 15 heavy (non-hydrogen) atoms. The molecule has 1 fully saturated rings. The molecule has 1 aliphatic heterocycles. The van der Waals surface area contributed by atoms with E-state index in [0.717, 1.165) is 18.4 Å². The zero-order valence-corrected chi connectivity index (χ0v) is 9.34. The molecule has 2 heteroatoms. The first-order valence-electron chi connectivity index (χ1n) is 5.74. The Kier molecular flexibility index (Phi) is 1.99. The van der Waals surface area contributed by atoms with E-state index in [1.807, 2.05) is 0 Å². The van der Waals surface area contributed by atoms with E-state index < -0.39 is 0 Å². The van der Waals surface area contributed by atoms with Crippen LogP contribution in [0.3, 0.4) is 0 Å². The van der Waals surface area contributed by atoms with Gasteiger partial charge in [0.15, 0.2) is 0 Å². The minimum Gasteiger partial charge on any atom is -0.491 e. The van der Waals surface area contributed by atoms with Crippen LogP contribution in [0.4, 0.5) is 0 Å². The molecule has 2 aliphatic rings. The third-order valence-corrected chi connectivity index (χ3v) is 3.37. The fraction of sp³-hybridized carbons (Fsp3) is 0.538. The molecular formula is C13H17NO. The smallest absolute Gasteiger partial charge is 0.127 e. The van der Waals surface area contributed by atoms with E-state index in [9.17, 15) is 0 Å². The van der Waals surface area contributed by atoms with Crippen LogP contribution in [0.1, 0.15) is 35.6 Å². The molecule has 1 unspecified atom stereocenters. The molecule has 0 radical (unpaired) electrons.